The summed E-state index contributed by atoms with van der Waals surface area (Å²) in [6.07, 6.45) is 5.75. The largest absolute Gasteiger partial charge is 0.455 e. The first kappa shape index (κ1) is 17.9. The van der Waals surface area contributed by atoms with E-state index in [9.17, 15) is 17.6 Å². The summed E-state index contributed by atoms with van der Waals surface area (Å²) in [4.78, 5) is 15.9. The molecule has 2 aromatic heterocycles. The van der Waals surface area contributed by atoms with Crippen molar-refractivity contribution in [3.8, 4) is 5.69 Å². The van der Waals surface area contributed by atoms with E-state index in [1.165, 1.54) is 24.5 Å². The molecule has 0 atom stereocenters. The molecule has 3 rings (SSSR count). The normalized spacial score (nSPS) is 11.5. The fourth-order valence-electron chi connectivity index (χ4n) is 2.38. The Balaban J connectivity index is 1.64. The standard InChI is InChI=1S/C17H16FN3O4S/c1-26(23,24)10-13-3-5-16(25-13)17(22)20-9-12-2-4-15(14(18)8-12)21-7-6-19-11-21/h2-8,11H,9-10H2,1H3,(H,20,22). The summed E-state index contributed by atoms with van der Waals surface area (Å²) < 4.78 is 43.4. The Morgan fingerprint density at radius 2 is 2.12 bits per heavy atom. The minimum Gasteiger partial charge on any atom is -0.455 e. The summed E-state index contributed by atoms with van der Waals surface area (Å²) >= 11 is 0. The van der Waals surface area contributed by atoms with Gasteiger partial charge in [0, 0.05) is 25.2 Å². The molecule has 2 heterocycles. The Bertz CT molecular complexity index is 1030. The molecule has 1 N–H and O–H groups in total. The third-order valence-corrected chi connectivity index (χ3v) is 4.35. The monoisotopic (exact) mass is 377 g/mol. The van der Waals surface area contributed by atoms with Crippen LogP contribution >= 0.6 is 0 Å². The summed E-state index contributed by atoms with van der Waals surface area (Å²) in [6.45, 7) is 0.0993. The maximum absolute atomic E-state index is 14.2. The van der Waals surface area contributed by atoms with Crippen LogP contribution in [0, 0.1) is 5.82 Å². The second-order valence-electron chi connectivity index (χ2n) is 5.77. The van der Waals surface area contributed by atoms with Gasteiger partial charge in [-0.05, 0) is 29.8 Å². The van der Waals surface area contributed by atoms with E-state index in [2.05, 4.69) is 10.3 Å². The summed E-state index contributed by atoms with van der Waals surface area (Å²) in [5, 5.41) is 2.60. The van der Waals surface area contributed by atoms with Crippen molar-refractivity contribution in [3.05, 3.63) is 72.0 Å². The molecule has 3 aromatic rings. The second kappa shape index (κ2) is 7.12. The molecule has 0 saturated heterocycles. The number of imidazole rings is 1. The first-order chi connectivity index (χ1) is 12.3. The van der Waals surface area contributed by atoms with Gasteiger partial charge in [-0.2, -0.15) is 0 Å². The number of aromatic nitrogens is 2. The van der Waals surface area contributed by atoms with Gasteiger partial charge in [-0.3, -0.25) is 4.79 Å². The maximum Gasteiger partial charge on any atom is 0.287 e. The predicted molar refractivity (Wildman–Crippen MR) is 91.9 cm³/mol. The Kier molecular flexibility index (Phi) is 4.90. The lowest BCUT2D eigenvalue weighted by Crippen LogP contribution is -2.22. The van der Waals surface area contributed by atoms with Crippen molar-refractivity contribution in [2.45, 2.75) is 12.3 Å². The van der Waals surface area contributed by atoms with Crippen molar-refractivity contribution in [2.24, 2.45) is 0 Å². The molecular weight excluding hydrogens is 361 g/mol. The number of sulfone groups is 1. The number of rotatable bonds is 6. The van der Waals surface area contributed by atoms with E-state index in [1.54, 1.807) is 29.1 Å². The zero-order chi connectivity index (χ0) is 18.7. The Hall–Kier alpha value is -2.94. The van der Waals surface area contributed by atoms with Crippen LogP contribution in [0.25, 0.3) is 5.69 Å². The van der Waals surface area contributed by atoms with E-state index in [0.29, 0.717) is 11.3 Å². The fraction of sp³-hybridized carbons (Fsp3) is 0.176. The number of benzene rings is 1. The Morgan fingerprint density at radius 3 is 2.77 bits per heavy atom. The lowest BCUT2D eigenvalue weighted by molar-refractivity contribution is 0.0921. The van der Waals surface area contributed by atoms with Crippen molar-refractivity contribution >= 4 is 15.7 Å². The van der Waals surface area contributed by atoms with Crippen molar-refractivity contribution < 1.29 is 22.0 Å². The van der Waals surface area contributed by atoms with Gasteiger partial charge in [-0.15, -0.1) is 0 Å². The number of halogens is 1. The van der Waals surface area contributed by atoms with E-state index in [1.807, 2.05) is 0 Å². The molecule has 0 fully saturated rings. The van der Waals surface area contributed by atoms with Crippen LogP contribution < -0.4 is 5.32 Å². The van der Waals surface area contributed by atoms with Crippen LogP contribution in [0.1, 0.15) is 21.9 Å². The van der Waals surface area contributed by atoms with Crippen LogP contribution in [0.2, 0.25) is 0 Å². The van der Waals surface area contributed by atoms with E-state index in [4.69, 9.17) is 4.42 Å². The Labute approximate surface area is 149 Å². The van der Waals surface area contributed by atoms with Crippen LogP contribution in [-0.4, -0.2) is 30.1 Å². The number of hydrogen-bond donors (Lipinski definition) is 1. The number of nitrogens with zero attached hydrogens (tertiary/aromatic N) is 2. The van der Waals surface area contributed by atoms with Gasteiger partial charge < -0.3 is 14.3 Å². The average Bonchev–Trinajstić information content (AvgIpc) is 3.23. The van der Waals surface area contributed by atoms with Crippen molar-refractivity contribution in [2.75, 3.05) is 6.26 Å². The maximum atomic E-state index is 14.2. The highest BCUT2D eigenvalue weighted by Crippen LogP contribution is 2.15. The number of amides is 1. The third kappa shape index (κ3) is 4.37. The average molecular weight is 377 g/mol. The first-order valence-corrected chi connectivity index (χ1v) is 9.69. The molecule has 0 spiro atoms. The smallest absolute Gasteiger partial charge is 0.287 e. The van der Waals surface area contributed by atoms with Crippen LogP contribution in [0.4, 0.5) is 4.39 Å². The number of carbonyl (C=O) groups excluding carboxylic acids is 1. The second-order valence-corrected chi connectivity index (χ2v) is 7.91. The third-order valence-electron chi connectivity index (χ3n) is 3.54. The van der Waals surface area contributed by atoms with Gasteiger partial charge in [0.2, 0.25) is 0 Å². The number of nitrogens with one attached hydrogen (secondary N) is 1. The molecule has 0 bridgehead atoms. The number of hydrogen-bond acceptors (Lipinski definition) is 5. The van der Waals surface area contributed by atoms with Crippen molar-refractivity contribution in [1.82, 2.24) is 14.9 Å². The molecular formula is C17H16FN3O4S. The van der Waals surface area contributed by atoms with E-state index < -0.39 is 21.6 Å². The van der Waals surface area contributed by atoms with Gasteiger partial charge >= 0.3 is 0 Å². The van der Waals surface area contributed by atoms with Gasteiger partial charge in [0.25, 0.3) is 5.91 Å². The molecule has 0 aliphatic rings. The lowest BCUT2D eigenvalue weighted by Gasteiger charge is -2.07. The minimum atomic E-state index is -3.25. The van der Waals surface area contributed by atoms with Crippen LogP contribution in [0.15, 0.2) is 53.5 Å². The van der Waals surface area contributed by atoms with Gasteiger partial charge in [-0.25, -0.2) is 17.8 Å². The summed E-state index contributed by atoms with van der Waals surface area (Å²) in [5.41, 5.74) is 0.927. The highest BCUT2D eigenvalue weighted by atomic mass is 32.2. The van der Waals surface area contributed by atoms with Gasteiger partial charge in [0.1, 0.15) is 17.3 Å². The molecule has 7 nitrogen and oxygen atoms in total. The van der Waals surface area contributed by atoms with Crippen LogP contribution in [0.5, 0.6) is 0 Å². The fourth-order valence-corrected chi connectivity index (χ4v) is 3.05. The summed E-state index contributed by atoms with van der Waals surface area (Å²) in [7, 11) is -3.25. The minimum absolute atomic E-state index is 0.000780. The molecule has 0 aliphatic carbocycles. The number of furan rings is 1. The molecule has 9 heteroatoms. The molecule has 0 aliphatic heterocycles. The zero-order valence-corrected chi connectivity index (χ0v) is 14.7. The van der Waals surface area contributed by atoms with Crippen LogP contribution in [0.3, 0.4) is 0 Å². The molecule has 0 radical (unpaired) electrons. The van der Waals surface area contributed by atoms with E-state index in [0.717, 1.165) is 6.26 Å². The van der Waals surface area contributed by atoms with Crippen molar-refractivity contribution in [3.63, 3.8) is 0 Å². The molecule has 1 aromatic carbocycles. The molecule has 26 heavy (non-hydrogen) atoms. The summed E-state index contributed by atoms with van der Waals surface area (Å²) in [5.74, 6) is -1.04. The predicted octanol–water partition coefficient (Wildman–Crippen LogP) is 2.08. The Morgan fingerprint density at radius 1 is 1.31 bits per heavy atom. The topological polar surface area (TPSA) is 94.2 Å². The molecule has 0 unspecified atom stereocenters. The van der Waals surface area contributed by atoms with Crippen LogP contribution in [-0.2, 0) is 22.1 Å². The van der Waals surface area contributed by atoms with Gasteiger partial charge in [0.15, 0.2) is 15.6 Å². The molecule has 1 amide bonds. The highest BCUT2D eigenvalue weighted by molar-refractivity contribution is 7.89. The van der Waals surface area contributed by atoms with E-state index >= 15 is 0 Å². The molecule has 0 saturated carbocycles. The zero-order valence-electron chi connectivity index (χ0n) is 13.8. The quantitative estimate of drug-likeness (QED) is 0.710. The highest BCUT2D eigenvalue weighted by Gasteiger charge is 2.14. The van der Waals surface area contributed by atoms with Gasteiger partial charge in [-0.1, -0.05) is 6.07 Å². The number of carbonyl (C=O) groups is 1. The summed E-state index contributed by atoms with van der Waals surface area (Å²) in [6, 6.07) is 7.45. The lowest BCUT2D eigenvalue weighted by atomic mass is 10.2. The van der Waals surface area contributed by atoms with E-state index in [-0.39, 0.29) is 23.8 Å². The van der Waals surface area contributed by atoms with Gasteiger partial charge in [0.05, 0.1) is 12.0 Å². The molecule has 136 valence electrons. The van der Waals surface area contributed by atoms with Crippen molar-refractivity contribution in [1.29, 1.82) is 0 Å². The first-order valence-electron chi connectivity index (χ1n) is 7.63. The SMILES string of the molecule is CS(=O)(=O)Cc1ccc(C(=O)NCc2ccc(-n3ccnc3)c(F)c2)o1.